The van der Waals surface area contributed by atoms with E-state index in [0.717, 1.165) is 5.56 Å². The van der Waals surface area contributed by atoms with Gasteiger partial charge < -0.3 is 20.4 Å². The van der Waals surface area contributed by atoms with Crippen molar-refractivity contribution >= 4 is 5.91 Å². The maximum atomic E-state index is 11.4. The Morgan fingerprint density at radius 2 is 2.29 bits per heavy atom. The predicted octanol–water partition coefficient (Wildman–Crippen LogP) is -0.773. The number of H-pyrrole nitrogens is 1. The highest BCUT2D eigenvalue weighted by molar-refractivity contribution is 5.77. The number of carbonyl (C=O) groups excluding carboxylic acids is 1. The Morgan fingerprint density at radius 3 is 2.94 bits per heavy atom. The van der Waals surface area contributed by atoms with Crippen LogP contribution in [0.15, 0.2) is 23.1 Å². The van der Waals surface area contributed by atoms with Gasteiger partial charge in [-0.1, -0.05) is 6.07 Å². The average molecular weight is 239 g/mol. The Balaban J connectivity index is 2.19. The molecule has 0 unspecified atom stereocenters. The highest BCUT2D eigenvalue weighted by atomic mass is 16.5. The number of ether oxygens (including phenoxy) is 1. The van der Waals surface area contributed by atoms with Crippen molar-refractivity contribution in [1.82, 2.24) is 15.6 Å². The summed E-state index contributed by atoms with van der Waals surface area (Å²) in [7, 11) is 1.61. The summed E-state index contributed by atoms with van der Waals surface area (Å²) in [5.41, 5.74) is 0.705. The summed E-state index contributed by atoms with van der Waals surface area (Å²) in [5.74, 6) is -0.0905. The standard InChI is InChI=1S/C11H17N3O3/c1-17-5-4-12-8-11(16)14-7-9-2-3-10(15)13-6-9/h2-3,6,12H,4-5,7-8H2,1H3,(H,13,15)(H,14,16). The van der Waals surface area contributed by atoms with Crippen molar-refractivity contribution in [3.63, 3.8) is 0 Å². The van der Waals surface area contributed by atoms with Gasteiger partial charge in [-0.2, -0.15) is 0 Å². The molecule has 1 aromatic heterocycles. The third-order valence-electron chi connectivity index (χ3n) is 2.11. The molecule has 3 N–H and O–H groups in total. The summed E-state index contributed by atoms with van der Waals surface area (Å²) in [5, 5.41) is 5.67. The van der Waals surface area contributed by atoms with Gasteiger partial charge in [0.15, 0.2) is 0 Å². The normalized spacial score (nSPS) is 10.2. The predicted molar refractivity (Wildman–Crippen MR) is 63.7 cm³/mol. The van der Waals surface area contributed by atoms with Crippen LogP contribution in [0, 0.1) is 0 Å². The van der Waals surface area contributed by atoms with Crippen molar-refractivity contribution in [2.45, 2.75) is 6.54 Å². The SMILES string of the molecule is COCCNCC(=O)NCc1ccc(=O)[nH]c1. The fourth-order valence-electron chi connectivity index (χ4n) is 1.19. The van der Waals surface area contributed by atoms with E-state index in [-0.39, 0.29) is 18.0 Å². The van der Waals surface area contributed by atoms with Crippen molar-refractivity contribution in [3.8, 4) is 0 Å². The lowest BCUT2D eigenvalue weighted by Gasteiger charge is -2.06. The third kappa shape index (κ3) is 5.84. The van der Waals surface area contributed by atoms with E-state index in [1.54, 1.807) is 19.4 Å². The molecule has 0 fully saturated rings. The van der Waals surface area contributed by atoms with Gasteiger partial charge in [0.1, 0.15) is 0 Å². The topological polar surface area (TPSA) is 83.2 Å². The van der Waals surface area contributed by atoms with Gasteiger partial charge in [0, 0.05) is 32.5 Å². The highest BCUT2D eigenvalue weighted by Gasteiger charge is 2.00. The zero-order valence-electron chi connectivity index (χ0n) is 9.79. The summed E-state index contributed by atoms with van der Waals surface area (Å²) in [4.78, 5) is 24.7. The first-order valence-electron chi connectivity index (χ1n) is 5.36. The molecule has 0 aliphatic heterocycles. The van der Waals surface area contributed by atoms with Crippen molar-refractivity contribution in [2.24, 2.45) is 0 Å². The van der Waals surface area contributed by atoms with E-state index in [0.29, 0.717) is 19.7 Å². The van der Waals surface area contributed by atoms with Gasteiger partial charge in [0.25, 0.3) is 0 Å². The molecule has 0 radical (unpaired) electrons. The molecule has 1 heterocycles. The van der Waals surface area contributed by atoms with Gasteiger partial charge in [-0.25, -0.2) is 0 Å². The minimum atomic E-state index is -0.152. The fourth-order valence-corrected chi connectivity index (χ4v) is 1.19. The first-order valence-corrected chi connectivity index (χ1v) is 5.36. The van der Waals surface area contributed by atoms with Crippen LogP contribution in [0.1, 0.15) is 5.56 Å². The van der Waals surface area contributed by atoms with Gasteiger partial charge in [-0.05, 0) is 5.56 Å². The number of amides is 1. The molecule has 0 saturated heterocycles. The number of aromatic amines is 1. The van der Waals surface area contributed by atoms with Crippen LogP contribution in [0.2, 0.25) is 0 Å². The lowest BCUT2D eigenvalue weighted by molar-refractivity contribution is -0.120. The lowest BCUT2D eigenvalue weighted by Crippen LogP contribution is -2.34. The molecule has 0 aliphatic carbocycles. The molecule has 0 spiro atoms. The van der Waals surface area contributed by atoms with Crippen molar-refractivity contribution < 1.29 is 9.53 Å². The number of hydrogen-bond acceptors (Lipinski definition) is 4. The quantitative estimate of drug-likeness (QED) is 0.545. The minimum absolute atomic E-state index is 0.0905. The number of carbonyl (C=O) groups is 1. The second-order valence-electron chi connectivity index (χ2n) is 3.51. The monoisotopic (exact) mass is 239 g/mol. The molecule has 0 aliphatic rings. The second-order valence-corrected chi connectivity index (χ2v) is 3.51. The largest absolute Gasteiger partial charge is 0.383 e. The summed E-state index contributed by atoms with van der Waals surface area (Å²) >= 11 is 0. The van der Waals surface area contributed by atoms with Crippen LogP contribution in [0.25, 0.3) is 0 Å². The first kappa shape index (κ1) is 13.4. The molecular formula is C11H17N3O3. The van der Waals surface area contributed by atoms with Gasteiger partial charge in [-0.15, -0.1) is 0 Å². The molecule has 1 amide bonds. The van der Waals surface area contributed by atoms with Crippen LogP contribution in [0.5, 0.6) is 0 Å². The molecule has 6 heteroatoms. The Labute approximate surface area is 99.4 Å². The zero-order chi connectivity index (χ0) is 12.5. The van der Waals surface area contributed by atoms with Gasteiger partial charge >= 0.3 is 0 Å². The molecule has 17 heavy (non-hydrogen) atoms. The third-order valence-corrected chi connectivity index (χ3v) is 2.11. The Kier molecular flexibility index (Phi) is 5.98. The smallest absolute Gasteiger partial charge is 0.247 e. The van der Waals surface area contributed by atoms with Gasteiger partial charge in [0.2, 0.25) is 11.5 Å². The van der Waals surface area contributed by atoms with E-state index in [1.165, 1.54) is 6.07 Å². The van der Waals surface area contributed by atoms with Crippen molar-refractivity contribution in [3.05, 3.63) is 34.2 Å². The van der Waals surface area contributed by atoms with Crippen LogP contribution in [-0.2, 0) is 16.1 Å². The van der Waals surface area contributed by atoms with E-state index in [1.807, 2.05) is 0 Å². The number of rotatable bonds is 7. The highest BCUT2D eigenvalue weighted by Crippen LogP contribution is 1.91. The molecule has 1 aromatic rings. The number of pyridine rings is 1. The average Bonchev–Trinajstić information content (AvgIpc) is 2.34. The Hall–Kier alpha value is -1.66. The summed E-state index contributed by atoms with van der Waals surface area (Å²) in [6.07, 6.45) is 1.58. The second kappa shape index (κ2) is 7.59. The number of hydrogen-bond donors (Lipinski definition) is 3. The fraction of sp³-hybridized carbons (Fsp3) is 0.455. The van der Waals surface area contributed by atoms with E-state index in [2.05, 4.69) is 15.6 Å². The van der Waals surface area contributed by atoms with Crippen LogP contribution < -0.4 is 16.2 Å². The Bertz CT molecular complexity index is 383. The maximum absolute atomic E-state index is 11.4. The molecule has 1 rings (SSSR count). The Morgan fingerprint density at radius 1 is 1.47 bits per heavy atom. The number of aromatic nitrogens is 1. The summed E-state index contributed by atoms with van der Waals surface area (Å²) in [6.45, 7) is 1.88. The molecule has 0 saturated carbocycles. The van der Waals surface area contributed by atoms with Crippen LogP contribution in [0.3, 0.4) is 0 Å². The minimum Gasteiger partial charge on any atom is -0.383 e. The van der Waals surface area contributed by atoms with E-state index in [9.17, 15) is 9.59 Å². The first-order chi connectivity index (χ1) is 8.22. The van der Waals surface area contributed by atoms with Crippen molar-refractivity contribution in [2.75, 3.05) is 26.8 Å². The van der Waals surface area contributed by atoms with E-state index < -0.39 is 0 Å². The van der Waals surface area contributed by atoms with Crippen LogP contribution in [-0.4, -0.2) is 37.7 Å². The maximum Gasteiger partial charge on any atom is 0.247 e. The molecule has 0 bridgehead atoms. The lowest BCUT2D eigenvalue weighted by atomic mass is 10.3. The number of nitrogens with one attached hydrogen (secondary N) is 3. The van der Waals surface area contributed by atoms with Crippen LogP contribution >= 0.6 is 0 Å². The van der Waals surface area contributed by atoms with Crippen molar-refractivity contribution in [1.29, 1.82) is 0 Å². The molecule has 6 nitrogen and oxygen atoms in total. The molecule has 94 valence electrons. The molecule has 0 atom stereocenters. The number of methoxy groups -OCH3 is 1. The molecule has 0 aromatic carbocycles. The zero-order valence-corrected chi connectivity index (χ0v) is 9.79. The summed E-state index contributed by atoms with van der Waals surface area (Å²) in [6, 6.07) is 3.11. The summed E-state index contributed by atoms with van der Waals surface area (Å²) < 4.78 is 4.84. The van der Waals surface area contributed by atoms with E-state index >= 15 is 0 Å². The van der Waals surface area contributed by atoms with E-state index in [4.69, 9.17) is 4.74 Å². The van der Waals surface area contributed by atoms with Gasteiger partial charge in [0.05, 0.1) is 13.2 Å². The van der Waals surface area contributed by atoms with Crippen LogP contribution in [0.4, 0.5) is 0 Å². The van der Waals surface area contributed by atoms with Gasteiger partial charge in [-0.3, -0.25) is 9.59 Å². The molecular weight excluding hydrogens is 222 g/mol.